The third-order valence-electron chi connectivity index (χ3n) is 3.78. The molecule has 0 aliphatic carbocycles. The highest BCUT2D eigenvalue weighted by Crippen LogP contribution is 2.40. The molecule has 3 heteroatoms. The minimum absolute atomic E-state index is 0.152. The van der Waals surface area contributed by atoms with Gasteiger partial charge in [-0.05, 0) is 62.1 Å². The van der Waals surface area contributed by atoms with Gasteiger partial charge in [-0.25, -0.2) is 4.39 Å². The molecule has 0 radical (unpaired) electrons. The van der Waals surface area contributed by atoms with Gasteiger partial charge in [0.2, 0.25) is 0 Å². The van der Waals surface area contributed by atoms with Crippen LogP contribution in [-0.2, 0) is 6.42 Å². The molecular formula is C14H20FNS. The lowest BCUT2D eigenvalue weighted by Crippen LogP contribution is -2.42. The SMILES string of the molecule is Cc1cc(F)ccc1CC(N)C1(C)CCCS1. The standard InChI is InChI=1S/C14H20FNS/c1-10-8-12(15)5-4-11(10)9-13(16)14(2)6-3-7-17-14/h4-5,8,13H,3,6-7,9,16H2,1-2H3. The van der Waals surface area contributed by atoms with Gasteiger partial charge in [0.15, 0.2) is 0 Å². The Kier molecular flexibility index (Phi) is 3.79. The van der Waals surface area contributed by atoms with Crippen LogP contribution in [0.2, 0.25) is 0 Å². The zero-order valence-corrected chi connectivity index (χ0v) is 11.3. The number of hydrogen-bond acceptors (Lipinski definition) is 2. The van der Waals surface area contributed by atoms with Crippen LogP contribution in [0.5, 0.6) is 0 Å². The monoisotopic (exact) mass is 253 g/mol. The van der Waals surface area contributed by atoms with Gasteiger partial charge >= 0.3 is 0 Å². The van der Waals surface area contributed by atoms with E-state index in [1.54, 1.807) is 6.07 Å². The first-order valence-corrected chi connectivity index (χ1v) is 7.14. The summed E-state index contributed by atoms with van der Waals surface area (Å²) in [5.41, 5.74) is 8.52. The maximum Gasteiger partial charge on any atom is 0.123 e. The molecule has 0 amide bonds. The summed E-state index contributed by atoms with van der Waals surface area (Å²) in [6.45, 7) is 4.21. The van der Waals surface area contributed by atoms with Crippen molar-refractivity contribution in [1.29, 1.82) is 0 Å². The van der Waals surface area contributed by atoms with E-state index in [0.717, 1.165) is 12.0 Å². The van der Waals surface area contributed by atoms with Gasteiger partial charge in [0.1, 0.15) is 5.82 Å². The molecule has 1 aromatic carbocycles. The van der Waals surface area contributed by atoms with Crippen LogP contribution in [-0.4, -0.2) is 16.5 Å². The lowest BCUT2D eigenvalue weighted by molar-refractivity contribution is 0.481. The van der Waals surface area contributed by atoms with E-state index in [9.17, 15) is 4.39 Å². The first kappa shape index (κ1) is 12.9. The van der Waals surface area contributed by atoms with Crippen molar-refractivity contribution in [3.63, 3.8) is 0 Å². The fourth-order valence-electron chi connectivity index (χ4n) is 2.43. The van der Waals surface area contributed by atoms with E-state index in [2.05, 4.69) is 6.92 Å². The molecule has 1 heterocycles. The molecule has 0 bridgehead atoms. The molecule has 17 heavy (non-hydrogen) atoms. The molecule has 1 aliphatic heterocycles. The molecule has 1 saturated heterocycles. The molecule has 0 aromatic heterocycles. The first-order valence-electron chi connectivity index (χ1n) is 6.16. The molecule has 2 N–H and O–H groups in total. The Hall–Kier alpha value is -0.540. The molecule has 0 saturated carbocycles. The van der Waals surface area contributed by atoms with Gasteiger partial charge in [-0.2, -0.15) is 11.8 Å². The number of aryl methyl sites for hydroxylation is 1. The number of nitrogens with two attached hydrogens (primary N) is 1. The highest BCUT2D eigenvalue weighted by atomic mass is 32.2. The topological polar surface area (TPSA) is 26.0 Å². The van der Waals surface area contributed by atoms with E-state index >= 15 is 0 Å². The van der Waals surface area contributed by atoms with Gasteiger partial charge in [-0.1, -0.05) is 6.07 Å². The summed E-state index contributed by atoms with van der Waals surface area (Å²) in [7, 11) is 0. The largest absolute Gasteiger partial charge is 0.326 e. The Morgan fingerprint density at radius 1 is 1.53 bits per heavy atom. The predicted molar refractivity (Wildman–Crippen MR) is 72.9 cm³/mol. The minimum Gasteiger partial charge on any atom is -0.326 e. The zero-order valence-electron chi connectivity index (χ0n) is 10.5. The summed E-state index contributed by atoms with van der Waals surface area (Å²) in [5.74, 6) is 1.05. The summed E-state index contributed by atoms with van der Waals surface area (Å²) in [6.07, 6.45) is 3.30. The predicted octanol–water partition coefficient (Wildman–Crippen LogP) is 3.29. The van der Waals surface area contributed by atoms with E-state index in [4.69, 9.17) is 5.73 Å². The van der Waals surface area contributed by atoms with E-state index in [0.29, 0.717) is 0 Å². The average molecular weight is 253 g/mol. The van der Waals surface area contributed by atoms with Crippen molar-refractivity contribution < 1.29 is 4.39 Å². The Morgan fingerprint density at radius 2 is 2.29 bits per heavy atom. The van der Waals surface area contributed by atoms with Crippen molar-refractivity contribution in [3.8, 4) is 0 Å². The van der Waals surface area contributed by atoms with Crippen LogP contribution >= 0.6 is 11.8 Å². The number of thioether (sulfide) groups is 1. The lowest BCUT2D eigenvalue weighted by atomic mass is 9.90. The van der Waals surface area contributed by atoms with Crippen LogP contribution < -0.4 is 5.73 Å². The molecule has 1 fully saturated rings. The van der Waals surface area contributed by atoms with Crippen molar-refractivity contribution in [1.82, 2.24) is 0 Å². The Bertz CT molecular complexity index is 399. The number of halogens is 1. The average Bonchev–Trinajstić information content (AvgIpc) is 2.71. The van der Waals surface area contributed by atoms with Crippen molar-refractivity contribution in [2.45, 2.75) is 43.9 Å². The number of rotatable bonds is 3. The van der Waals surface area contributed by atoms with Gasteiger partial charge in [0.05, 0.1) is 0 Å². The van der Waals surface area contributed by atoms with Crippen molar-refractivity contribution in [2.75, 3.05) is 5.75 Å². The molecule has 2 rings (SSSR count). The summed E-state index contributed by atoms with van der Waals surface area (Å²) in [5, 5.41) is 0. The second-order valence-corrected chi connectivity index (χ2v) is 6.78. The minimum atomic E-state index is -0.165. The Morgan fingerprint density at radius 3 is 2.88 bits per heavy atom. The second-order valence-electron chi connectivity index (χ2n) is 5.15. The summed E-state index contributed by atoms with van der Waals surface area (Å²) < 4.78 is 13.2. The van der Waals surface area contributed by atoms with E-state index in [-0.39, 0.29) is 16.6 Å². The molecule has 1 nitrogen and oxygen atoms in total. The number of benzene rings is 1. The molecule has 2 atom stereocenters. The maximum absolute atomic E-state index is 13.0. The zero-order chi connectivity index (χ0) is 12.5. The van der Waals surface area contributed by atoms with Crippen LogP contribution in [0.15, 0.2) is 18.2 Å². The van der Waals surface area contributed by atoms with Crippen LogP contribution in [0, 0.1) is 12.7 Å². The quantitative estimate of drug-likeness (QED) is 0.894. The van der Waals surface area contributed by atoms with E-state index < -0.39 is 0 Å². The Labute approximate surface area is 107 Å². The first-order chi connectivity index (χ1) is 8.01. The van der Waals surface area contributed by atoms with Gasteiger partial charge in [0, 0.05) is 10.8 Å². The normalized spacial score (nSPS) is 26.1. The Balaban J connectivity index is 2.10. The number of hydrogen-bond donors (Lipinski definition) is 1. The molecule has 94 valence electrons. The van der Waals surface area contributed by atoms with E-state index in [1.165, 1.54) is 30.2 Å². The summed E-state index contributed by atoms with van der Waals surface area (Å²) in [6, 6.07) is 5.14. The van der Waals surface area contributed by atoms with Gasteiger partial charge in [-0.3, -0.25) is 0 Å². The third kappa shape index (κ3) is 2.83. The van der Waals surface area contributed by atoms with Crippen LogP contribution in [0.4, 0.5) is 4.39 Å². The lowest BCUT2D eigenvalue weighted by Gasteiger charge is -2.30. The molecule has 1 aromatic rings. The van der Waals surface area contributed by atoms with E-state index in [1.807, 2.05) is 24.8 Å². The highest BCUT2D eigenvalue weighted by molar-refractivity contribution is 8.00. The van der Waals surface area contributed by atoms with Crippen molar-refractivity contribution >= 4 is 11.8 Å². The van der Waals surface area contributed by atoms with Crippen LogP contribution in [0.25, 0.3) is 0 Å². The molecule has 0 spiro atoms. The summed E-state index contributed by atoms with van der Waals surface area (Å²) in [4.78, 5) is 0. The molecule has 2 unspecified atom stereocenters. The second kappa shape index (κ2) is 4.99. The molecular weight excluding hydrogens is 233 g/mol. The molecule has 1 aliphatic rings. The summed E-state index contributed by atoms with van der Waals surface area (Å²) >= 11 is 1.98. The fraction of sp³-hybridized carbons (Fsp3) is 0.571. The van der Waals surface area contributed by atoms with Crippen LogP contribution in [0.3, 0.4) is 0 Å². The highest BCUT2D eigenvalue weighted by Gasteiger charge is 2.35. The third-order valence-corrected chi connectivity index (χ3v) is 5.44. The van der Waals surface area contributed by atoms with Crippen molar-refractivity contribution in [3.05, 3.63) is 35.1 Å². The van der Waals surface area contributed by atoms with Crippen molar-refractivity contribution in [2.24, 2.45) is 5.73 Å². The van der Waals surface area contributed by atoms with Gasteiger partial charge in [0.25, 0.3) is 0 Å². The fourth-order valence-corrected chi connectivity index (χ4v) is 3.78. The van der Waals surface area contributed by atoms with Gasteiger partial charge in [-0.15, -0.1) is 0 Å². The smallest absolute Gasteiger partial charge is 0.123 e. The maximum atomic E-state index is 13.0. The van der Waals surface area contributed by atoms with Crippen LogP contribution in [0.1, 0.15) is 30.9 Å². The van der Waals surface area contributed by atoms with Gasteiger partial charge < -0.3 is 5.73 Å².